The Hall–Kier alpha value is -1.56. The first-order valence-corrected chi connectivity index (χ1v) is 8.68. The van der Waals surface area contributed by atoms with Crippen LogP contribution in [0.2, 0.25) is 5.15 Å². The summed E-state index contributed by atoms with van der Waals surface area (Å²) in [6.07, 6.45) is -1.50. The van der Waals surface area contributed by atoms with Gasteiger partial charge in [-0.25, -0.2) is 9.97 Å². The Morgan fingerprint density at radius 3 is 2.28 bits per heavy atom. The summed E-state index contributed by atoms with van der Waals surface area (Å²) in [5, 5.41) is 0.512. The summed E-state index contributed by atoms with van der Waals surface area (Å²) in [4.78, 5) is 8.92. The maximum Gasteiger partial charge on any atom is 0.394 e. The fraction of sp³-hybridized carbons (Fsp3) is 0.556. The van der Waals surface area contributed by atoms with E-state index in [2.05, 4.69) is 9.97 Å². The molecule has 2 rings (SSSR count). The van der Waals surface area contributed by atoms with Crippen LogP contribution in [0.25, 0.3) is 5.82 Å². The van der Waals surface area contributed by atoms with Crippen LogP contribution >= 0.6 is 11.6 Å². The molecule has 0 spiro atoms. The molecule has 7 heteroatoms. The summed E-state index contributed by atoms with van der Waals surface area (Å²) in [7, 11) is 0. The fourth-order valence-electron chi connectivity index (χ4n) is 2.74. The predicted octanol–water partition coefficient (Wildman–Crippen LogP) is 5.48. The molecule has 0 saturated carbocycles. The van der Waals surface area contributed by atoms with Crippen molar-refractivity contribution in [3.8, 4) is 5.82 Å². The van der Waals surface area contributed by atoms with Gasteiger partial charge in [0.05, 0.1) is 11.1 Å². The molecule has 0 N–H and O–H groups in total. The van der Waals surface area contributed by atoms with Gasteiger partial charge in [0.25, 0.3) is 0 Å². The number of imidazole rings is 1. The molecule has 3 nitrogen and oxygen atoms in total. The molecule has 0 saturated heterocycles. The third-order valence-corrected chi connectivity index (χ3v) is 4.73. The lowest BCUT2D eigenvalue weighted by Gasteiger charge is -2.27. The van der Waals surface area contributed by atoms with Gasteiger partial charge in [-0.2, -0.15) is 13.2 Å². The highest BCUT2D eigenvalue weighted by Gasteiger charge is 2.47. The van der Waals surface area contributed by atoms with Crippen LogP contribution in [0.5, 0.6) is 0 Å². The summed E-state index contributed by atoms with van der Waals surface area (Å²) in [5.41, 5.74) is 0.307. The Morgan fingerprint density at radius 1 is 1.16 bits per heavy atom. The van der Waals surface area contributed by atoms with Gasteiger partial charge in [0.15, 0.2) is 0 Å². The maximum absolute atomic E-state index is 13.1. The van der Waals surface area contributed by atoms with Crippen molar-refractivity contribution in [3.05, 3.63) is 40.1 Å². The molecule has 2 heterocycles. The number of nitrogens with zero attached hydrogens (tertiary/aromatic N) is 3. The zero-order valence-electron chi connectivity index (χ0n) is 15.1. The molecule has 2 aromatic rings. The molecule has 0 fully saturated rings. The minimum absolute atomic E-state index is 0.122. The minimum Gasteiger partial charge on any atom is -0.270 e. The zero-order chi connectivity index (χ0) is 19.0. The number of aryl methyl sites for hydroxylation is 3. The van der Waals surface area contributed by atoms with E-state index in [1.807, 2.05) is 20.8 Å². The average molecular weight is 374 g/mol. The number of rotatable bonds is 5. The molecule has 25 heavy (non-hydrogen) atoms. The molecule has 0 aliphatic heterocycles. The van der Waals surface area contributed by atoms with Crippen molar-refractivity contribution >= 4 is 11.6 Å². The molecule has 0 aliphatic rings. The van der Waals surface area contributed by atoms with Crippen LogP contribution in [0.3, 0.4) is 0 Å². The number of aromatic nitrogens is 3. The Labute approximate surface area is 151 Å². The van der Waals surface area contributed by atoms with E-state index >= 15 is 0 Å². The fourth-order valence-corrected chi connectivity index (χ4v) is 3.09. The zero-order valence-corrected chi connectivity index (χ0v) is 15.9. The van der Waals surface area contributed by atoms with Crippen molar-refractivity contribution in [1.29, 1.82) is 0 Å². The maximum atomic E-state index is 13.1. The third-order valence-electron chi connectivity index (χ3n) is 4.34. The van der Waals surface area contributed by atoms with E-state index in [1.165, 1.54) is 20.0 Å². The molecule has 138 valence electrons. The van der Waals surface area contributed by atoms with Crippen molar-refractivity contribution in [2.75, 3.05) is 0 Å². The Bertz CT molecular complexity index is 764. The lowest BCUT2D eigenvalue weighted by atomic mass is 9.85. The highest BCUT2D eigenvalue weighted by Crippen LogP contribution is 2.40. The van der Waals surface area contributed by atoms with Gasteiger partial charge in [0.2, 0.25) is 0 Å². The summed E-state index contributed by atoms with van der Waals surface area (Å²) < 4.78 is 41.1. The first kappa shape index (κ1) is 19.8. The van der Waals surface area contributed by atoms with Crippen LogP contribution in [0.1, 0.15) is 50.3 Å². The molecule has 0 aliphatic carbocycles. The smallest absolute Gasteiger partial charge is 0.270 e. The summed E-state index contributed by atoms with van der Waals surface area (Å²) in [6.45, 7) is 8.18. The predicted molar refractivity (Wildman–Crippen MR) is 93.4 cm³/mol. The number of pyridine rings is 1. The largest absolute Gasteiger partial charge is 0.394 e. The number of hydrogen-bond acceptors (Lipinski definition) is 2. The number of alkyl halides is 3. The van der Waals surface area contributed by atoms with E-state index in [1.54, 1.807) is 10.6 Å². The van der Waals surface area contributed by atoms with Crippen molar-refractivity contribution in [2.24, 2.45) is 5.41 Å². The van der Waals surface area contributed by atoms with Crippen LogP contribution in [0.15, 0.2) is 12.3 Å². The molecule has 0 amide bonds. The summed E-state index contributed by atoms with van der Waals surface area (Å²) in [6, 6.07) is 1.75. The molecule has 0 unspecified atom stereocenters. The molecule has 2 aromatic heterocycles. The molecular formula is C18H23ClF3N3. The van der Waals surface area contributed by atoms with Crippen molar-refractivity contribution in [2.45, 2.75) is 60.1 Å². The molecule has 0 aromatic carbocycles. The van der Waals surface area contributed by atoms with Crippen molar-refractivity contribution in [3.63, 3.8) is 0 Å². The second-order valence-corrected chi connectivity index (χ2v) is 7.21. The van der Waals surface area contributed by atoms with Crippen LogP contribution in [-0.4, -0.2) is 20.7 Å². The second-order valence-electron chi connectivity index (χ2n) is 6.85. The van der Waals surface area contributed by atoms with E-state index in [0.29, 0.717) is 29.4 Å². The van der Waals surface area contributed by atoms with Gasteiger partial charge < -0.3 is 0 Å². The van der Waals surface area contributed by atoms with Crippen molar-refractivity contribution in [1.82, 2.24) is 14.5 Å². The minimum atomic E-state index is -4.27. The number of halogens is 4. The first-order chi connectivity index (χ1) is 11.5. The van der Waals surface area contributed by atoms with Crippen LogP contribution in [-0.2, 0) is 19.3 Å². The van der Waals surface area contributed by atoms with Gasteiger partial charge in [-0.1, -0.05) is 45.4 Å². The van der Waals surface area contributed by atoms with Crippen molar-refractivity contribution < 1.29 is 13.2 Å². The molecule has 0 radical (unpaired) electrons. The lowest BCUT2D eigenvalue weighted by Crippen LogP contribution is -2.34. The molecular weight excluding hydrogens is 351 g/mol. The van der Waals surface area contributed by atoms with E-state index in [0.717, 1.165) is 17.1 Å². The number of hydrogen-bond donors (Lipinski definition) is 0. The quantitative estimate of drug-likeness (QED) is 0.694. The Kier molecular flexibility index (Phi) is 5.52. The second kappa shape index (κ2) is 6.98. The van der Waals surface area contributed by atoms with Gasteiger partial charge in [-0.3, -0.25) is 4.57 Å². The summed E-state index contributed by atoms with van der Waals surface area (Å²) >= 11 is 6.43. The highest BCUT2D eigenvalue weighted by atomic mass is 35.5. The van der Waals surface area contributed by atoms with Gasteiger partial charge >= 0.3 is 6.18 Å². The van der Waals surface area contributed by atoms with Gasteiger partial charge in [-0.05, 0) is 30.9 Å². The van der Waals surface area contributed by atoms with Crippen LogP contribution in [0.4, 0.5) is 13.2 Å². The normalized spacial score (nSPS) is 12.7. The Balaban J connectivity index is 2.43. The average Bonchev–Trinajstić information content (AvgIpc) is 2.82. The van der Waals surface area contributed by atoms with E-state index in [-0.39, 0.29) is 6.42 Å². The summed E-state index contributed by atoms with van der Waals surface area (Å²) in [5.74, 6) is 1.41. The standard InChI is InChI=1S/C18H23ClF3N3/c1-6-13-15(19)25(14(7-2)24-13)16-11(3)8-12(10-23-16)9-17(4,5)18(20,21)22/h8,10H,6-7,9H2,1-5H3. The van der Waals surface area contributed by atoms with E-state index < -0.39 is 11.6 Å². The Morgan fingerprint density at radius 2 is 1.80 bits per heavy atom. The topological polar surface area (TPSA) is 30.7 Å². The lowest BCUT2D eigenvalue weighted by molar-refractivity contribution is -0.211. The highest BCUT2D eigenvalue weighted by molar-refractivity contribution is 6.30. The first-order valence-electron chi connectivity index (χ1n) is 8.30. The van der Waals surface area contributed by atoms with Gasteiger partial charge in [0, 0.05) is 12.6 Å². The van der Waals surface area contributed by atoms with Gasteiger partial charge in [0.1, 0.15) is 16.8 Å². The van der Waals surface area contributed by atoms with Crippen LogP contribution in [0, 0.1) is 12.3 Å². The molecule has 0 bridgehead atoms. The van der Waals surface area contributed by atoms with Crippen LogP contribution < -0.4 is 0 Å². The molecule has 0 atom stereocenters. The third kappa shape index (κ3) is 3.84. The van der Waals surface area contributed by atoms with Gasteiger partial charge in [-0.15, -0.1) is 0 Å². The van der Waals surface area contributed by atoms with E-state index in [4.69, 9.17) is 11.6 Å². The monoisotopic (exact) mass is 373 g/mol. The SMILES string of the molecule is CCc1nc(CC)n(-c2ncc(CC(C)(C)C(F)(F)F)cc2C)c1Cl. The van der Waals surface area contributed by atoms with E-state index in [9.17, 15) is 13.2 Å².